The Morgan fingerprint density at radius 1 is 1.00 bits per heavy atom. The molecule has 0 atom stereocenters. The number of nitrogens with zero attached hydrogens (tertiary/aromatic N) is 2. The Bertz CT molecular complexity index is 1050. The van der Waals surface area contributed by atoms with Gasteiger partial charge in [-0.2, -0.15) is 8.42 Å². The van der Waals surface area contributed by atoms with Crippen molar-refractivity contribution < 1.29 is 17.3 Å². The molecule has 0 aliphatic heterocycles. The summed E-state index contributed by atoms with van der Waals surface area (Å²) in [6.45, 7) is 3.84. The molecule has 2 aromatic carbocycles. The van der Waals surface area contributed by atoms with Crippen molar-refractivity contribution in [3.8, 4) is 17.4 Å². The van der Waals surface area contributed by atoms with E-state index in [1.54, 1.807) is 24.3 Å². The summed E-state index contributed by atoms with van der Waals surface area (Å²) >= 11 is 5.87. The van der Waals surface area contributed by atoms with Crippen LogP contribution in [-0.2, 0) is 16.5 Å². The molecular formula is C19H17ClN2O4S. The van der Waals surface area contributed by atoms with Crippen molar-refractivity contribution in [2.45, 2.75) is 25.2 Å². The van der Waals surface area contributed by atoms with Crippen LogP contribution in [0.4, 0.5) is 0 Å². The van der Waals surface area contributed by atoms with Crippen molar-refractivity contribution in [3.63, 3.8) is 0 Å². The molecule has 0 saturated carbocycles. The summed E-state index contributed by atoms with van der Waals surface area (Å²) in [7, 11) is -4.08. The molecule has 1 aromatic heterocycles. The molecule has 0 aliphatic rings. The lowest BCUT2D eigenvalue weighted by Crippen LogP contribution is -2.11. The van der Waals surface area contributed by atoms with Gasteiger partial charge < -0.3 is 8.92 Å². The van der Waals surface area contributed by atoms with Gasteiger partial charge in [-0.1, -0.05) is 54.4 Å². The van der Waals surface area contributed by atoms with Gasteiger partial charge in [0.1, 0.15) is 10.6 Å². The summed E-state index contributed by atoms with van der Waals surface area (Å²) in [5, 5.41) is 7.55. The standard InChI is InChI=1S/C19H17ClN2O4S/c1-3-14-6-4-5-7-16(14)25-19-17(12-18(20)21-22-19)26-27(23,24)15-10-8-13(2)9-11-15/h4-12H,3H2,1-2H3. The zero-order valence-electron chi connectivity index (χ0n) is 14.7. The number of hydrogen-bond acceptors (Lipinski definition) is 6. The number of rotatable bonds is 6. The molecule has 6 nitrogen and oxygen atoms in total. The minimum absolute atomic E-state index is 0.0137. The van der Waals surface area contributed by atoms with E-state index in [-0.39, 0.29) is 21.7 Å². The van der Waals surface area contributed by atoms with Crippen molar-refractivity contribution in [2.75, 3.05) is 0 Å². The lowest BCUT2D eigenvalue weighted by atomic mass is 10.1. The van der Waals surface area contributed by atoms with E-state index < -0.39 is 10.1 Å². The Kier molecular flexibility index (Phi) is 5.62. The quantitative estimate of drug-likeness (QED) is 0.560. The van der Waals surface area contributed by atoms with E-state index in [0.29, 0.717) is 5.75 Å². The largest absolute Gasteiger partial charge is 0.435 e. The van der Waals surface area contributed by atoms with Gasteiger partial charge in [0.2, 0.25) is 5.75 Å². The van der Waals surface area contributed by atoms with Crippen LogP contribution >= 0.6 is 11.6 Å². The Morgan fingerprint density at radius 2 is 1.70 bits per heavy atom. The van der Waals surface area contributed by atoms with Crippen molar-refractivity contribution in [3.05, 3.63) is 70.9 Å². The maximum atomic E-state index is 12.6. The SMILES string of the molecule is CCc1ccccc1Oc1nnc(Cl)cc1OS(=O)(=O)c1ccc(C)cc1. The first-order valence-corrected chi connectivity index (χ1v) is 9.98. The minimum atomic E-state index is -4.08. The van der Waals surface area contributed by atoms with Gasteiger partial charge in [-0.15, -0.1) is 10.2 Å². The monoisotopic (exact) mass is 404 g/mol. The van der Waals surface area contributed by atoms with E-state index in [1.807, 2.05) is 26.0 Å². The van der Waals surface area contributed by atoms with Crippen LogP contribution in [0.3, 0.4) is 0 Å². The molecular weight excluding hydrogens is 388 g/mol. The molecule has 0 fully saturated rings. The smallest absolute Gasteiger partial charge is 0.339 e. The number of ether oxygens (including phenoxy) is 1. The van der Waals surface area contributed by atoms with Crippen LogP contribution in [0.1, 0.15) is 18.1 Å². The number of halogens is 1. The highest BCUT2D eigenvalue weighted by atomic mass is 35.5. The summed E-state index contributed by atoms with van der Waals surface area (Å²) in [5.41, 5.74) is 1.87. The van der Waals surface area contributed by atoms with Crippen molar-refractivity contribution in [1.29, 1.82) is 0 Å². The van der Waals surface area contributed by atoms with Crippen LogP contribution in [-0.4, -0.2) is 18.6 Å². The minimum Gasteiger partial charge on any atom is -0.435 e. The van der Waals surface area contributed by atoms with Gasteiger partial charge in [0.05, 0.1) is 0 Å². The molecule has 0 aliphatic carbocycles. The molecule has 0 spiro atoms. The summed E-state index contributed by atoms with van der Waals surface area (Å²) in [6.07, 6.45) is 0.731. The lowest BCUT2D eigenvalue weighted by molar-refractivity contribution is 0.412. The maximum absolute atomic E-state index is 12.6. The summed E-state index contributed by atoms with van der Waals surface area (Å²) < 4.78 is 36.2. The normalized spacial score (nSPS) is 11.2. The Balaban J connectivity index is 1.96. The third-order valence-electron chi connectivity index (χ3n) is 3.77. The van der Waals surface area contributed by atoms with Crippen LogP contribution in [0.5, 0.6) is 17.4 Å². The number of para-hydroxylation sites is 1. The van der Waals surface area contributed by atoms with Gasteiger partial charge in [-0.25, -0.2) is 0 Å². The second-order valence-electron chi connectivity index (χ2n) is 5.75. The Hall–Kier alpha value is -2.64. The predicted octanol–water partition coefficient (Wildman–Crippen LogP) is 4.56. The van der Waals surface area contributed by atoms with Crippen LogP contribution in [0.25, 0.3) is 0 Å². The first-order valence-electron chi connectivity index (χ1n) is 8.19. The topological polar surface area (TPSA) is 78.4 Å². The predicted molar refractivity (Wildman–Crippen MR) is 102 cm³/mol. The molecule has 0 unspecified atom stereocenters. The van der Waals surface area contributed by atoms with Crippen LogP contribution in [0.15, 0.2) is 59.5 Å². The second kappa shape index (κ2) is 7.94. The fourth-order valence-corrected chi connectivity index (χ4v) is 3.40. The number of aryl methyl sites for hydroxylation is 2. The number of aromatic nitrogens is 2. The summed E-state index contributed by atoms with van der Waals surface area (Å²) in [6, 6.07) is 14.9. The molecule has 1 heterocycles. The van der Waals surface area contributed by atoms with Gasteiger partial charge >= 0.3 is 10.1 Å². The summed E-state index contributed by atoms with van der Waals surface area (Å²) in [5.74, 6) is 0.312. The molecule has 0 saturated heterocycles. The molecule has 0 N–H and O–H groups in total. The fraction of sp³-hybridized carbons (Fsp3) is 0.158. The Labute approximate surface area is 162 Å². The van der Waals surface area contributed by atoms with E-state index in [2.05, 4.69) is 10.2 Å². The van der Waals surface area contributed by atoms with Crippen LogP contribution in [0.2, 0.25) is 5.15 Å². The van der Waals surface area contributed by atoms with E-state index in [4.69, 9.17) is 20.5 Å². The number of hydrogen-bond donors (Lipinski definition) is 0. The first-order chi connectivity index (χ1) is 12.9. The first kappa shape index (κ1) is 19.1. The molecule has 27 heavy (non-hydrogen) atoms. The van der Waals surface area contributed by atoms with Gasteiger partial charge in [0.15, 0.2) is 5.15 Å². The molecule has 0 radical (unpaired) electrons. The average molecular weight is 405 g/mol. The molecule has 0 amide bonds. The van der Waals surface area contributed by atoms with E-state index in [9.17, 15) is 8.42 Å². The fourth-order valence-electron chi connectivity index (χ4n) is 2.34. The average Bonchev–Trinajstić information content (AvgIpc) is 2.64. The summed E-state index contributed by atoms with van der Waals surface area (Å²) in [4.78, 5) is 0.0148. The second-order valence-corrected chi connectivity index (χ2v) is 7.68. The molecule has 140 valence electrons. The molecule has 8 heteroatoms. The zero-order chi connectivity index (χ0) is 19.4. The van der Waals surface area contributed by atoms with Crippen LogP contribution in [0, 0.1) is 6.92 Å². The van der Waals surface area contributed by atoms with Gasteiger partial charge in [0, 0.05) is 6.07 Å². The number of benzene rings is 2. The van der Waals surface area contributed by atoms with E-state index >= 15 is 0 Å². The van der Waals surface area contributed by atoms with Gasteiger partial charge in [0.25, 0.3) is 5.88 Å². The highest BCUT2D eigenvalue weighted by molar-refractivity contribution is 7.87. The highest BCUT2D eigenvalue weighted by Crippen LogP contribution is 2.34. The van der Waals surface area contributed by atoms with Crippen molar-refractivity contribution in [2.24, 2.45) is 0 Å². The third kappa shape index (κ3) is 4.56. The van der Waals surface area contributed by atoms with Crippen molar-refractivity contribution in [1.82, 2.24) is 10.2 Å². The van der Waals surface area contributed by atoms with E-state index in [1.165, 1.54) is 18.2 Å². The van der Waals surface area contributed by atoms with E-state index in [0.717, 1.165) is 17.5 Å². The molecule has 3 aromatic rings. The Morgan fingerprint density at radius 3 is 2.41 bits per heavy atom. The van der Waals surface area contributed by atoms with Gasteiger partial charge in [-0.05, 0) is 37.1 Å². The molecule has 0 bridgehead atoms. The van der Waals surface area contributed by atoms with Gasteiger partial charge in [-0.3, -0.25) is 0 Å². The highest BCUT2D eigenvalue weighted by Gasteiger charge is 2.21. The third-order valence-corrected chi connectivity index (χ3v) is 5.20. The molecule has 3 rings (SSSR count). The lowest BCUT2D eigenvalue weighted by Gasteiger charge is -2.13. The maximum Gasteiger partial charge on any atom is 0.339 e. The van der Waals surface area contributed by atoms with Crippen molar-refractivity contribution >= 4 is 21.7 Å². The van der Waals surface area contributed by atoms with Crippen LogP contribution < -0.4 is 8.92 Å². The zero-order valence-corrected chi connectivity index (χ0v) is 16.3.